The fraction of sp³-hybridized carbons (Fsp3) is 0.667. The van der Waals surface area contributed by atoms with Crippen molar-refractivity contribution < 1.29 is 0 Å². The second kappa shape index (κ2) is 15.6. The molecule has 0 aromatic rings. The van der Waals surface area contributed by atoms with E-state index < -0.39 is 0 Å². The Morgan fingerprint density at radius 3 is 1.95 bits per heavy atom. The maximum absolute atomic E-state index is 4.49. The van der Waals surface area contributed by atoms with Gasteiger partial charge in [0.2, 0.25) is 0 Å². The SMILES string of the molecule is CC.CC/C=C(\CC)C1=CCCC=C1S.CCCC. The zero-order chi connectivity index (χ0) is 15.1. The van der Waals surface area contributed by atoms with Gasteiger partial charge in [0.15, 0.2) is 0 Å². The summed E-state index contributed by atoms with van der Waals surface area (Å²) in [6, 6.07) is 0. The predicted molar refractivity (Wildman–Crippen MR) is 95.0 cm³/mol. The molecule has 0 nitrogen and oxygen atoms in total. The Labute approximate surface area is 127 Å². The van der Waals surface area contributed by atoms with Crippen molar-refractivity contribution in [1.29, 1.82) is 0 Å². The molecule has 0 unspecified atom stereocenters. The summed E-state index contributed by atoms with van der Waals surface area (Å²) in [6.07, 6.45) is 14.0. The number of rotatable bonds is 4. The first kappa shape index (κ1) is 20.9. The van der Waals surface area contributed by atoms with Crippen LogP contribution in [0.3, 0.4) is 0 Å². The van der Waals surface area contributed by atoms with Gasteiger partial charge in [-0.3, -0.25) is 0 Å². The van der Waals surface area contributed by atoms with E-state index in [-0.39, 0.29) is 0 Å². The third-order valence-corrected chi connectivity index (χ3v) is 3.23. The fourth-order valence-electron chi connectivity index (χ4n) is 1.65. The van der Waals surface area contributed by atoms with Gasteiger partial charge in [-0.1, -0.05) is 72.6 Å². The molecule has 0 radical (unpaired) electrons. The lowest BCUT2D eigenvalue weighted by molar-refractivity contribution is 0.886. The molecule has 1 heteroatoms. The standard InChI is InChI=1S/C12H18S.C4H10.C2H6/c1-3-7-10(4-2)11-8-5-6-9-12(11)13;1-3-4-2;1-2/h7-9,13H,3-6H2,1-2H3;3-4H2,1-2H3;1-2H3/b10-7+;;. The summed E-state index contributed by atoms with van der Waals surface area (Å²) in [7, 11) is 0. The highest BCUT2D eigenvalue weighted by Gasteiger charge is 2.08. The van der Waals surface area contributed by atoms with Gasteiger partial charge in [0.05, 0.1) is 0 Å². The normalized spacial score (nSPS) is 14.4. The van der Waals surface area contributed by atoms with E-state index in [2.05, 4.69) is 58.6 Å². The average molecular weight is 283 g/mol. The first-order valence-electron chi connectivity index (χ1n) is 8.00. The highest BCUT2D eigenvalue weighted by atomic mass is 32.1. The largest absolute Gasteiger partial charge is 0.143 e. The van der Waals surface area contributed by atoms with E-state index in [0.29, 0.717) is 0 Å². The minimum atomic E-state index is 1.11. The van der Waals surface area contributed by atoms with Crippen LogP contribution in [-0.4, -0.2) is 0 Å². The Hall–Kier alpha value is -0.430. The minimum Gasteiger partial charge on any atom is -0.143 e. The molecule has 0 fully saturated rings. The van der Waals surface area contributed by atoms with Crippen LogP contribution in [0.4, 0.5) is 0 Å². The zero-order valence-electron chi connectivity index (χ0n) is 13.9. The van der Waals surface area contributed by atoms with Gasteiger partial charge >= 0.3 is 0 Å². The van der Waals surface area contributed by atoms with Gasteiger partial charge in [0, 0.05) is 4.91 Å². The van der Waals surface area contributed by atoms with Crippen LogP contribution < -0.4 is 0 Å². The van der Waals surface area contributed by atoms with Gasteiger partial charge in [-0.2, -0.15) is 0 Å². The van der Waals surface area contributed by atoms with Gasteiger partial charge in [-0.25, -0.2) is 0 Å². The van der Waals surface area contributed by atoms with Crippen LogP contribution in [-0.2, 0) is 0 Å². The Balaban J connectivity index is 0. The summed E-state index contributed by atoms with van der Waals surface area (Å²) in [6.45, 7) is 12.7. The molecule has 0 heterocycles. The van der Waals surface area contributed by atoms with E-state index in [1.807, 2.05) is 13.8 Å². The molecule has 0 N–H and O–H groups in total. The molecule has 0 saturated heterocycles. The van der Waals surface area contributed by atoms with Gasteiger partial charge in [-0.15, -0.1) is 12.6 Å². The van der Waals surface area contributed by atoms with E-state index in [0.717, 1.165) is 24.2 Å². The number of unbranched alkanes of at least 4 members (excludes halogenated alkanes) is 1. The topological polar surface area (TPSA) is 0 Å². The van der Waals surface area contributed by atoms with Crippen molar-refractivity contribution in [2.45, 2.75) is 80.1 Å². The van der Waals surface area contributed by atoms with Crippen LogP contribution in [0.5, 0.6) is 0 Å². The van der Waals surface area contributed by atoms with E-state index in [1.54, 1.807) is 0 Å². The monoisotopic (exact) mass is 282 g/mol. The van der Waals surface area contributed by atoms with E-state index in [4.69, 9.17) is 0 Å². The van der Waals surface area contributed by atoms with Crippen LogP contribution in [0.1, 0.15) is 80.1 Å². The van der Waals surface area contributed by atoms with Crippen LogP contribution in [0, 0.1) is 0 Å². The van der Waals surface area contributed by atoms with Crippen molar-refractivity contribution in [3.8, 4) is 0 Å². The van der Waals surface area contributed by atoms with Crippen LogP contribution in [0.25, 0.3) is 0 Å². The van der Waals surface area contributed by atoms with Crippen LogP contribution in [0.15, 0.2) is 34.3 Å². The van der Waals surface area contributed by atoms with Gasteiger partial charge in [-0.05, 0) is 36.8 Å². The first-order valence-corrected chi connectivity index (χ1v) is 8.44. The van der Waals surface area contributed by atoms with Crippen molar-refractivity contribution in [2.24, 2.45) is 0 Å². The summed E-state index contributed by atoms with van der Waals surface area (Å²) in [4.78, 5) is 1.16. The third kappa shape index (κ3) is 10.1. The maximum atomic E-state index is 4.49. The highest BCUT2D eigenvalue weighted by molar-refractivity contribution is 7.84. The number of thiol groups is 1. The molecule has 1 rings (SSSR count). The second-order valence-electron chi connectivity index (χ2n) is 4.28. The Bertz CT molecular complexity index is 280. The third-order valence-electron chi connectivity index (χ3n) is 2.81. The molecule has 19 heavy (non-hydrogen) atoms. The van der Waals surface area contributed by atoms with E-state index in [1.165, 1.54) is 30.4 Å². The summed E-state index contributed by atoms with van der Waals surface area (Å²) in [5, 5.41) is 0. The molecular weight excluding hydrogens is 248 g/mol. The summed E-state index contributed by atoms with van der Waals surface area (Å²) in [5.74, 6) is 0. The molecule has 0 spiro atoms. The number of allylic oxidation sites excluding steroid dienone is 5. The van der Waals surface area contributed by atoms with Gasteiger partial charge < -0.3 is 0 Å². The zero-order valence-corrected chi connectivity index (χ0v) is 14.8. The lowest BCUT2D eigenvalue weighted by atomic mass is 9.96. The Morgan fingerprint density at radius 2 is 1.58 bits per heavy atom. The quantitative estimate of drug-likeness (QED) is 0.522. The molecule has 0 aromatic carbocycles. The van der Waals surface area contributed by atoms with Crippen molar-refractivity contribution in [3.05, 3.63) is 34.3 Å². The molecule has 0 amide bonds. The second-order valence-corrected chi connectivity index (χ2v) is 4.76. The first-order chi connectivity index (χ1) is 9.21. The van der Waals surface area contributed by atoms with Crippen LogP contribution >= 0.6 is 12.6 Å². The predicted octanol–water partition coefficient (Wildman–Crippen LogP) is 7.10. The highest BCUT2D eigenvalue weighted by Crippen LogP contribution is 2.29. The molecule has 1 aliphatic rings. The average Bonchev–Trinajstić information content (AvgIpc) is 2.48. The molecule has 1 aliphatic carbocycles. The molecule has 0 aromatic heterocycles. The fourth-order valence-corrected chi connectivity index (χ4v) is 2.01. The molecule has 0 bridgehead atoms. The van der Waals surface area contributed by atoms with Crippen molar-refractivity contribution in [2.75, 3.05) is 0 Å². The summed E-state index contributed by atoms with van der Waals surface area (Å²) < 4.78 is 0. The van der Waals surface area contributed by atoms with Gasteiger partial charge in [0.1, 0.15) is 0 Å². The molecule has 0 saturated carbocycles. The lowest BCUT2D eigenvalue weighted by Gasteiger charge is -2.14. The van der Waals surface area contributed by atoms with Crippen molar-refractivity contribution >= 4 is 12.6 Å². The summed E-state index contributed by atoms with van der Waals surface area (Å²) in [5.41, 5.74) is 2.81. The molecular formula is C18H34S. The van der Waals surface area contributed by atoms with Crippen molar-refractivity contribution in [1.82, 2.24) is 0 Å². The smallest absolute Gasteiger partial charge is 0.00721 e. The number of hydrogen-bond donors (Lipinski definition) is 1. The van der Waals surface area contributed by atoms with E-state index >= 15 is 0 Å². The lowest BCUT2D eigenvalue weighted by Crippen LogP contribution is -1.94. The summed E-state index contributed by atoms with van der Waals surface area (Å²) >= 11 is 4.49. The van der Waals surface area contributed by atoms with Crippen LogP contribution in [0.2, 0.25) is 0 Å². The van der Waals surface area contributed by atoms with E-state index in [9.17, 15) is 0 Å². The maximum Gasteiger partial charge on any atom is 0.00721 e. The molecule has 112 valence electrons. The Morgan fingerprint density at radius 1 is 1.05 bits per heavy atom. The Kier molecular flexibility index (Phi) is 17.2. The van der Waals surface area contributed by atoms with Crippen molar-refractivity contribution in [3.63, 3.8) is 0 Å². The molecule has 0 aliphatic heterocycles. The number of hydrogen-bond acceptors (Lipinski definition) is 1. The molecule has 0 atom stereocenters. The minimum absolute atomic E-state index is 1.11. The van der Waals surface area contributed by atoms with Gasteiger partial charge in [0.25, 0.3) is 0 Å².